The highest BCUT2D eigenvalue weighted by Crippen LogP contribution is 2.26. The third-order valence-electron chi connectivity index (χ3n) is 3.94. The number of nitriles is 1. The van der Waals surface area contributed by atoms with Crippen molar-refractivity contribution >= 4 is 45.5 Å². The van der Waals surface area contributed by atoms with Crippen LogP contribution >= 0.6 is 15.9 Å². The summed E-state index contributed by atoms with van der Waals surface area (Å²) in [4.78, 5) is 35.9. The molecule has 8 nitrogen and oxygen atoms in total. The van der Waals surface area contributed by atoms with Crippen LogP contribution in [0.4, 0.5) is 5.69 Å². The van der Waals surface area contributed by atoms with Gasteiger partial charge in [-0.1, -0.05) is 15.9 Å². The summed E-state index contributed by atoms with van der Waals surface area (Å²) in [5.74, 6) is -1.34. The van der Waals surface area contributed by atoms with Gasteiger partial charge < -0.3 is 19.5 Å². The zero-order valence-electron chi connectivity index (χ0n) is 17.5. The number of hydrogen-bond acceptors (Lipinski definition) is 7. The van der Waals surface area contributed by atoms with Crippen molar-refractivity contribution in [2.45, 2.75) is 13.8 Å². The van der Waals surface area contributed by atoms with Gasteiger partial charge in [0.2, 0.25) is 0 Å². The quantitative estimate of drug-likeness (QED) is 0.312. The van der Waals surface area contributed by atoms with E-state index >= 15 is 0 Å². The number of nitrogens with zero attached hydrogens (tertiary/aromatic N) is 1. The summed E-state index contributed by atoms with van der Waals surface area (Å²) in [7, 11) is 0. The molecular weight excluding hydrogens is 480 g/mol. The zero-order valence-corrected chi connectivity index (χ0v) is 19.1. The van der Waals surface area contributed by atoms with Crippen molar-refractivity contribution in [3.8, 4) is 11.8 Å². The summed E-state index contributed by atoms with van der Waals surface area (Å²) in [6.07, 6.45) is 1.35. The van der Waals surface area contributed by atoms with E-state index in [0.29, 0.717) is 27.0 Å². The van der Waals surface area contributed by atoms with Crippen molar-refractivity contribution in [1.29, 1.82) is 5.26 Å². The number of rotatable bonds is 9. The van der Waals surface area contributed by atoms with E-state index in [1.165, 1.54) is 30.3 Å². The van der Waals surface area contributed by atoms with Crippen LogP contribution in [0, 0.1) is 11.3 Å². The van der Waals surface area contributed by atoms with Crippen molar-refractivity contribution in [3.05, 3.63) is 63.6 Å². The van der Waals surface area contributed by atoms with Crippen LogP contribution < -0.4 is 10.1 Å². The van der Waals surface area contributed by atoms with Gasteiger partial charge in [0.05, 0.1) is 18.8 Å². The largest absolute Gasteiger partial charge is 0.481 e. The molecule has 2 rings (SSSR count). The number of hydrogen-bond donors (Lipinski definition) is 1. The first kappa shape index (κ1) is 24.6. The molecule has 1 N–H and O–H groups in total. The Morgan fingerprint density at radius 3 is 2.38 bits per heavy atom. The minimum Gasteiger partial charge on any atom is -0.481 e. The van der Waals surface area contributed by atoms with E-state index in [9.17, 15) is 19.6 Å². The fourth-order valence-corrected chi connectivity index (χ4v) is 2.89. The number of nitrogens with one attached hydrogen (secondary N) is 1. The lowest BCUT2D eigenvalue weighted by atomic mass is 10.1. The van der Waals surface area contributed by atoms with Crippen LogP contribution in [0.3, 0.4) is 0 Å². The molecule has 32 heavy (non-hydrogen) atoms. The lowest BCUT2D eigenvalue weighted by Gasteiger charge is -2.10. The molecule has 0 aromatic heterocycles. The summed E-state index contributed by atoms with van der Waals surface area (Å²) in [6.45, 7) is 3.58. The van der Waals surface area contributed by atoms with Crippen molar-refractivity contribution < 1.29 is 28.6 Å². The van der Waals surface area contributed by atoms with Crippen LogP contribution in [0.2, 0.25) is 0 Å². The lowest BCUT2D eigenvalue weighted by molar-refractivity contribution is -0.145. The maximum atomic E-state index is 12.6. The number of benzene rings is 2. The number of anilines is 1. The highest BCUT2D eigenvalue weighted by atomic mass is 79.9. The van der Waals surface area contributed by atoms with Gasteiger partial charge in [-0.2, -0.15) is 5.26 Å². The van der Waals surface area contributed by atoms with Crippen molar-refractivity contribution in [3.63, 3.8) is 0 Å². The third-order valence-corrected chi connectivity index (χ3v) is 4.43. The van der Waals surface area contributed by atoms with E-state index in [4.69, 9.17) is 14.2 Å². The topological polar surface area (TPSA) is 115 Å². The van der Waals surface area contributed by atoms with Gasteiger partial charge in [0.15, 0.2) is 6.61 Å². The monoisotopic (exact) mass is 500 g/mol. The standard InChI is InChI=1S/C23H21BrN2O6/c1-3-30-21(27)14-32-20-10-7-18(24)12-16(20)11-17(13-25)22(28)26-19-8-5-15(6-9-19)23(29)31-4-2/h5-12H,3-4,14H2,1-2H3,(H,26,28)/b17-11+. The van der Waals surface area contributed by atoms with Crippen LogP contribution in [0.1, 0.15) is 29.8 Å². The highest BCUT2D eigenvalue weighted by molar-refractivity contribution is 9.10. The smallest absolute Gasteiger partial charge is 0.344 e. The molecule has 2 aromatic rings. The molecule has 0 heterocycles. The zero-order chi connectivity index (χ0) is 23.5. The predicted octanol–water partition coefficient (Wildman–Crippen LogP) is 4.11. The molecule has 0 bridgehead atoms. The molecule has 0 atom stereocenters. The van der Waals surface area contributed by atoms with Gasteiger partial charge in [-0.15, -0.1) is 0 Å². The Bertz CT molecular complexity index is 1060. The van der Waals surface area contributed by atoms with E-state index in [1.54, 1.807) is 32.0 Å². The molecule has 0 aliphatic carbocycles. The first-order valence-electron chi connectivity index (χ1n) is 9.66. The highest BCUT2D eigenvalue weighted by Gasteiger charge is 2.14. The number of halogens is 1. The van der Waals surface area contributed by atoms with Crippen LogP contribution in [-0.4, -0.2) is 37.7 Å². The summed E-state index contributed by atoms with van der Waals surface area (Å²) >= 11 is 3.34. The second kappa shape index (κ2) is 12.3. The molecular formula is C23H21BrN2O6. The third kappa shape index (κ3) is 7.25. The Labute approximate surface area is 193 Å². The predicted molar refractivity (Wildman–Crippen MR) is 121 cm³/mol. The average Bonchev–Trinajstić information content (AvgIpc) is 2.77. The molecule has 1 amide bonds. The molecule has 166 valence electrons. The number of carbonyl (C=O) groups excluding carboxylic acids is 3. The van der Waals surface area contributed by atoms with Crippen LogP contribution in [0.25, 0.3) is 6.08 Å². The Morgan fingerprint density at radius 1 is 1.06 bits per heavy atom. The minimum absolute atomic E-state index is 0.182. The lowest BCUT2D eigenvalue weighted by Crippen LogP contribution is -2.15. The van der Waals surface area contributed by atoms with Gasteiger partial charge in [-0.25, -0.2) is 9.59 Å². The molecule has 0 spiro atoms. The molecule has 0 saturated heterocycles. The maximum absolute atomic E-state index is 12.6. The SMILES string of the molecule is CCOC(=O)COc1ccc(Br)cc1/C=C(\C#N)C(=O)Nc1ccc(C(=O)OCC)cc1. The molecule has 9 heteroatoms. The fraction of sp³-hybridized carbons (Fsp3) is 0.217. The second-order valence-electron chi connectivity index (χ2n) is 6.20. The molecule has 2 aromatic carbocycles. The first-order valence-corrected chi connectivity index (χ1v) is 10.5. The van der Waals surface area contributed by atoms with Gasteiger partial charge in [-0.3, -0.25) is 4.79 Å². The summed E-state index contributed by atoms with van der Waals surface area (Å²) < 4.78 is 15.9. The molecule has 0 aliphatic heterocycles. The summed E-state index contributed by atoms with van der Waals surface area (Å²) in [6, 6.07) is 12.9. The average molecular weight is 501 g/mol. The Hall–Kier alpha value is -3.64. The van der Waals surface area contributed by atoms with Gasteiger partial charge in [-0.05, 0) is 62.4 Å². The van der Waals surface area contributed by atoms with E-state index in [1.807, 2.05) is 6.07 Å². The molecule has 0 unspecified atom stereocenters. The Morgan fingerprint density at radius 2 is 1.75 bits per heavy atom. The van der Waals surface area contributed by atoms with Crippen molar-refractivity contribution in [2.24, 2.45) is 0 Å². The minimum atomic E-state index is -0.646. The molecule has 0 radical (unpaired) electrons. The number of esters is 2. The van der Waals surface area contributed by atoms with Crippen molar-refractivity contribution in [1.82, 2.24) is 0 Å². The number of carbonyl (C=O) groups is 3. The molecule has 0 fully saturated rings. The van der Waals surface area contributed by atoms with E-state index in [0.717, 1.165) is 0 Å². The van der Waals surface area contributed by atoms with Crippen molar-refractivity contribution in [2.75, 3.05) is 25.1 Å². The molecule has 0 aliphatic rings. The van der Waals surface area contributed by atoms with Gasteiger partial charge in [0, 0.05) is 15.7 Å². The van der Waals surface area contributed by atoms with E-state index in [-0.39, 0.29) is 25.4 Å². The molecule has 0 saturated carbocycles. The summed E-state index contributed by atoms with van der Waals surface area (Å²) in [5, 5.41) is 12.1. The number of ether oxygens (including phenoxy) is 3. The maximum Gasteiger partial charge on any atom is 0.344 e. The van der Waals surface area contributed by atoms with Gasteiger partial charge >= 0.3 is 11.9 Å². The first-order chi connectivity index (χ1) is 15.4. The van der Waals surface area contributed by atoms with Gasteiger partial charge in [0.25, 0.3) is 5.91 Å². The second-order valence-corrected chi connectivity index (χ2v) is 7.11. The number of amides is 1. The van der Waals surface area contributed by atoms with E-state index < -0.39 is 17.8 Å². The van der Waals surface area contributed by atoms with E-state index in [2.05, 4.69) is 21.2 Å². The van der Waals surface area contributed by atoms with Crippen LogP contribution in [-0.2, 0) is 19.1 Å². The fourth-order valence-electron chi connectivity index (χ4n) is 2.51. The Kier molecular flexibility index (Phi) is 9.44. The van der Waals surface area contributed by atoms with Crippen LogP contribution in [0.15, 0.2) is 52.5 Å². The Balaban J connectivity index is 2.19. The normalized spacial score (nSPS) is 10.6. The van der Waals surface area contributed by atoms with Gasteiger partial charge in [0.1, 0.15) is 17.4 Å². The van der Waals surface area contributed by atoms with Crippen LogP contribution in [0.5, 0.6) is 5.75 Å². The summed E-state index contributed by atoms with van der Waals surface area (Å²) in [5.41, 5.74) is 0.988.